The molecule has 0 aliphatic carbocycles. The predicted octanol–water partition coefficient (Wildman–Crippen LogP) is 4.50. The van der Waals surface area contributed by atoms with Crippen LogP contribution in [0.2, 0.25) is 0 Å². The average Bonchev–Trinajstić information content (AvgIpc) is 2.94. The van der Waals surface area contributed by atoms with E-state index in [0.717, 1.165) is 33.2 Å². The van der Waals surface area contributed by atoms with Gasteiger partial charge in [-0.1, -0.05) is 0 Å². The highest BCUT2D eigenvalue weighted by molar-refractivity contribution is 6.04. The summed E-state index contributed by atoms with van der Waals surface area (Å²) < 4.78 is 11.0. The number of hydrogen-bond acceptors (Lipinski definition) is 4. The highest BCUT2D eigenvalue weighted by atomic mass is 16.5. The highest BCUT2D eigenvalue weighted by Crippen LogP contribution is 2.33. The number of amides is 1. The van der Waals surface area contributed by atoms with Gasteiger partial charge < -0.3 is 14.5 Å². The molecule has 0 aliphatic heterocycles. The molecule has 0 spiro atoms. The highest BCUT2D eigenvalue weighted by Gasteiger charge is 2.12. The maximum absolute atomic E-state index is 12.3. The minimum absolute atomic E-state index is 0.235. The average molecular weight is 336 g/mol. The third-order valence-corrected chi connectivity index (χ3v) is 4.03. The first-order chi connectivity index (χ1) is 12.0. The van der Waals surface area contributed by atoms with E-state index in [0.29, 0.717) is 11.6 Å². The van der Waals surface area contributed by atoms with Gasteiger partial charge in [0.25, 0.3) is 0 Å². The first kappa shape index (κ1) is 16.8. The fraction of sp³-hybridized carbons (Fsp3) is 0.200. The predicted molar refractivity (Wildman–Crippen MR) is 98.8 cm³/mol. The summed E-state index contributed by atoms with van der Waals surface area (Å²) in [6, 6.07) is 7.53. The number of rotatable bonds is 4. The largest absolute Gasteiger partial charge is 0.496 e. The smallest absolute Gasteiger partial charge is 0.249 e. The number of nitrogens with zero attached hydrogens (tertiary/aromatic N) is 1. The van der Waals surface area contributed by atoms with Crippen LogP contribution in [0.3, 0.4) is 0 Å². The molecular weight excluding hydrogens is 316 g/mol. The number of pyridine rings is 1. The summed E-state index contributed by atoms with van der Waals surface area (Å²) in [4.78, 5) is 16.4. The van der Waals surface area contributed by atoms with Gasteiger partial charge in [-0.3, -0.25) is 4.79 Å². The van der Waals surface area contributed by atoms with Crippen LogP contribution >= 0.6 is 0 Å². The van der Waals surface area contributed by atoms with E-state index in [1.165, 1.54) is 0 Å². The van der Waals surface area contributed by atoms with Crippen LogP contribution in [0, 0.1) is 13.8 Å². The maximum Gasteiger partial charge on any atom is 0.249 e. The van der Waals surface area contributed by atoms with Gasteiger partial charge in [-0.15, -0.1) is 0 Å². The number of nitrogens with one attached hydrogen (secondary N) is 1. The topological polar surface area (TPSA) is 64.4 Å². The summed E-state index contributed by atoms with van der Waals surface area (Å²) in [5, 5.41) is 3.78. The van der Waals surface area contributed by atoms with Gasteiger partial charge in [-0.25, -0.2) is 4.98 Å². The van der Waals surface area contributed by atoms with Gasteiger partial charge in [-0.2, -0.15) is 0 Å². The van der Waals surface area contributed by atoms with Crippen molar-refractivity contribution in [1.29, 1.82) is 0 Å². The number of hydrogen-bond donors (Lipinski definition) is 1. The first-order valence-corrected chi connectivity index (χ1v) is 7.96. The molecule has 3 rings (SSSR count). The van der Waals surface area contributed by atoms with Crippen molar-refractivity contribution in [2.45, 2.75) is 20.8 Å². The van der Waals surface area contributed by atoms with E-state index >= 15 is 0 Å². The van der Waals surface area contributed by atoms with Crippen molar-refractivity contribution < 1.29 is 13.9 Å². The Bertz CT molecular complexity index is 970. The van der Waals surface area contributed by atoms with Crippen molar-refractivity contribution in [3.05, 3.63) is 59.5 Å². The quantitative estimate of drug-likeness (QED) is 0.713. The van der Waals surface area contributed by atoms with Crippen LogP contribution in [-0.2, 0) is 4.79 Å². The van der Waals surface area contributed by atoms with Crippen molar-refractivity contribution >= 4 is 28.3 Å². The van der Waals surface area contributed by atoms with Gasteiger partial charge in [0.1, 0.15) is 17.2 Å². The molecule has 0 bridgehead atoms. The molecule has 0 saturated heterocycles. The third-order valence-electron chi connectivity index (χ3n) is 4.03. The first-order valence-electron chi connectivity index (χ1n) is 7.96. The van der Waals surface area contributed by atoms with Crippen molar-refractivity contribution in [3.8, 4) is 5.75 Å². The summed E-state index contributed by atoms with van der Waals surface area (Å²) in [5.41, 5.74) is 4.49. The fourth-order valence-electron chi connectivity index (χ4n) is 2.70. The zero-order valence-electron chi connectivity index (χ0n) is 14.7. The molecule has 0 fully saturated rings. The molecule has 1 aromatic carbocycles. The van der Waals surface area contributed by atoms with Crippen LogP contribution in [0.15, 0.2) is 47.2 Å². The number of carbonyl (C=O) groups excluding carboxylic acids is 1. The van der Waals surface area contributed by atoms with Gasteiger partial charge >= 0.3 is 0 Å². The van der Waals surface area contributed by atoms with Crippen molar-refractivity contribution in [2.75, 3.05) is 12.4 Å². The van der Waals surface area contributed by atoms with Crippen LogP contribution in [0.4, 0.5) is 5.82 Å². The summed E-state index contributed by atoms with van der Waals surface area (Å²) in [6.07, 6.45) is 4.92. The van der Waals surface area contributed by atoms with Crippen LogP contribution in [-0.4, -0.2) is 18.0 Å². The molecule has 5 nitrogen and oxygen atoms in total. The van der Waals surface area contributed by atoms with Gasteiger partial charge in [-0.05, 0) is 55.7 Å². The van der Waals surface area contributed by atoms with Gasteiger partial charge in [0.15, 0.2) is 0 Å². The molecule has 0 radical (unpaired) electrons. The number of aryl methyl sites for hydroxylation is 2. The minimum Gasteiger partial charge on any atom is -0.496 e. The minimum atomic E-state index is -0.235. The van der Waals surface area contributed by atoms with Gasteiger partial charge in [0, 0.05) is 29.3 Å². The SMILES string of the molecule is COc1cc2occ(C)c2cc1/C(C)=C/C(=O)Nc1cc(C)ccn1. The Morgan fingerprint density at radius 3 is 2.80 bits per heavy atom. The molecule has 0 saturated carbocycles. The van der Waals surface area contributed by atoms with E-state index in [1.807, 2.05) is 45.0 Å². The fourth-order valence-corrected chi connectivity index (χ4v) is 2.70. The number of carbonyl (C=O) groups is 1. The summed E-state index contributed by atoms with van der Waals surface area (Å²) in [5.74, 6) is 0.959. The lowest BCUT2D eigenvalue weighted by Gasteiger charge is -2.10. The number of ether oxygens (including phenoxy) is 1. The molecule has 25 heavy (non-hydrogen) atoms. The molecule has 3 aromatic rings. The molecular formula is C20H20N2O3. The van der Waals surface area contributed by atoms with E-state index in [1.54, 1.807) is 25.6 Å². The number of anilines is 1. The van der Waals surface area contributed by atoms with Crippen molar-refractivity contribution in [1.82, 2.24) is 4.98 Å². The summed E-state index contributed by atoms with van der Waals surface area (Å²) >= 11 is 0. The zero-order chi connectivity index (χ0) is 18.0. The van der Waals surface area contributed by atoms with E-state index in [9.17, 15) is 4.79 Å². The number of methoxy groups -OCH3 is 1. The maximum atomic E-state index is 12.3. The number of fused-ring (bicyclic) bond motifs is 1. The summed E-state index contributed by atoms with van der Waals surface area (Å²) in [7, 11) is 1.60. The zero-order valence-corrected chi connectivity index (χ0v) is 14.7. The van der Waals surface area contributed by atoms with Crippen LogP contribution in [0.25, 0.3) is 16.5 Å². The Labute approximate surface area is 146 Å². The Morgan fingerprint density at radius 2 is 2.08 bits per heavy atom. The molecule has 1 N–H and O–H groups in total. The second kappa shape index (κ2) is 6.81. The van der Waals surface area contributed by atoms with E-state index in [4.69, 9.17) is 9.15 Å². The lowest BCUT2D eigenvalue weighted by Crippen LogP contribution is -2.10. The van der Waals surface area contributed by atoms with Gasteiger partial charge in [0.2, 0.25) is 5.91 Å². The Morgan fingerprint density at radius 1 is 1.28 bits per heavy atom. The number of benzene rings is 1. The molecule has 1 amide bonds. The lowest BCUT2D eigenvalue weighted by atomic mass is 10.0. The van der Waals surface area contributed by atoms with E-state index in [-0.39, 0.29) is 5.91 Å². The number of furan rings is 1. The lowest BCUT2D eigenvalue weighted by molar-refractivity contribution is -0.111. The second-order valence-corrected chi connectivity index (χ2v) is 6.00. The second-order valence-electron chi connectivity index (χ2n) is 6.00. The summed E-state index contributed by atoms with van der Waals surface area (Å²) in [6.45, 7) is 5.81. The molecule has 2 aromatic heterocycles. The Kier molecular flexibility index (Phi) is 4.57. The normalized spacial score (nSPS) is 11.6. The number of allylic oxidation sites excluding steroid dienone is 1. The Balaban J connectivity index is 1.92. The molecule has 128 valence electrons. The third kappa shape index (κ3) is 3.55. The van der Waals surface area contributed by atoms with Crippen LogP contribution in [0.1, 0.15) is 23.6 Å². The standard InChI is InChI=1S/C20H20N2O3/c1-12-5-6-21-19(7-12)22-20(23)8-13(2)15-9-16-14(3)11-25-18(16)10-17(15)24-4/h5-11H,1-4H3,(H,21,22,23)/b13-8+. The molecule has 0 unspecified atom stereocenters. The van der Waals surface area contributed by atoms with Crippen molar-refractivity contribution in [2.24, 2.45) is 0 Å². The molecule has 0 aliphatic rings. The van der Waals surface area contributed by atoms with Crippen LogP contribution < -0.4 is 10.1 Å². The van der Waals surface area contributed by atoms with Crippen LogP contribution in [0.5, 0.6) is 5.75 Å². The molecule has 0 atom stereocenters. The van der Waals surface area contributed by atoms with E-state index in [2.05, 4.69) is 10.3 Å². The van der Waals surface area contributed by atoms with E-state index < -0.39 is 0 Å². The molecule has 5 heteroatoms. The van der Waals surface area contributed by atoms with Gasteiger partial charge in [0.05, 0.1) is 13.4 Å². The monoisotopic (exact) mass is 336 g/mol. The molecule has 2 heterocycles. The Hall–Kier alpha value is -3.08. The number of aromatic nitrogens is 1. The van der Waals surface area contributed by atoms with Crippen molar-refractivity contribution in [3.63, 3.8) is 0 Å².